The molecule has 1 heterocycles. The van der Waals surface area contributed by atoms with Crippen molar-refractivity contribution in [1.29, 1.82) is 0 Å². The molecule has 2 aromatic carbocycles. The Hall–Kier alpha value is -2.17. The fourth-order valence-electron chi connectivity index (χ4n) is 3.32. The number of carbonyl (C=O) groups is 1. The normalized spacial score (nSPS) is 17.2. The number of ether oxygens (including phenoxy) is 1. The molecule has 0 aliphatic carbocycles. The number of Topliss-reactive ketones (excluding diaryl/α,β-unsaturated/α-hetero) is 1. The van der Waals surface area contributed by atoms with E-state index in [-0.39, 0.29) is 12.2 Å². The Labute approximate surface area is 149 Å². The molecule has 0 bridgehead atoms. The summed E-state index contributed by atoms with van der Waals surface area (Å²) in [5.74, 6) is 0.878. The first kappa shape index (κ1) is 17.6. The van der Waals surface area contributed by atoms with Crippen molar-refractivity contribution in [3.05, 3.63) is 65.7 Å². The summed E-state index contributed by atoms with van der Waals surface area (Å²) in [5.41, 5.74) is 1.02. The smallest absolute Gasteiger partial charge is 0.165 e. The number of ketones is 1. The van der Waals surface area contributed by atoms with Crippen LogP contribution in [0.5, 0.6) is 5.75 Å². The maximum absolute atomic E-state index is 12.4. The summed E-state index contributed by atoms with van der Waals surface area (Å²) in [6.45, 7) is 2.45. The van der Waals surface area contributed by atoms with E-state index in [1.54, 1.807) is 7.11 Å². The summed E-state index contributed by atoms with van der Waals surface area (Å²) < 4.78 is 5.18. The average Bonchev–Trinajstić information content (AvgIpc) is 2.65. The highest BCUT2D eigenvalue weighted by atomic mass is 16.5. The Bertz CT molecular complexity index is 689. The van der Waals surface area contributed by atoms with Crippen molar-refractivity contribution >= 4 is 5.78 Å². The first-order chi connectivity index (χ1) is 12.1. The van der Waals surface area contributed by atoms with E-state index < -0.39 is 5.60 Å². The van der Waals surface area contributed by atoms with Gasteiger partial charge < -0.3 is 9.84 Å². The van der Waals surface area contributed by atoms with Gasteiger partial charge in [-0.15, -0.1) is 0 Å². The van der Waals surface area contributed by atoms with Crippen molar-refractivity contribution in [2.45, 2.75) is 31.4 Å². The topological polar surface area (TPSA) is 49.8 Å². The molecule has 0 spiro atoms. The first-order valence-electron chi connectivity index (χ1n) is 8.74. The number of hydrogen-bond acceptors (Lipinski definition) is 4. The van der Waals surface area contributed by atoms with Gasteiger partial charge in [0, 0.05) is 31.6 Å². The zero-order valence-electron chi connectivity index (χ0n) is 14.6. The molecule has 3 rings (SSSR count). The van der Waals surface area contributed by atoms with Gasteiger partial charge in [0.15, 0.2) is 5.78 Å². The monoisotopic (exact) mass is 339 g/mol. The lowest BCUT2D eigenvalue weighted by Crippen LogP contribution is -2.45. The predicted molar refractivity (Wildman–Crippen MR) is 97.8 cm³/mol. The predicted octanol–water partition coefficient (Wildman–Crippen LogP) is 3.30. The summed E-state index contributed by atoms with van der Waals surface area (Å²) in [6.07, 6.45) is 1.46. The molecule has 1 aliphatic heterocycles. The third-order valence-corrected chi connectivity index (χ3v) is 4.94. The van der Waals surface area contributed by atoms with Gasteiger partial charge in [0.05, 0.1) is 12.7 Å². The number of benzene rings is 2. The molecule has 1 aliphatic rings. The van der Waals surface area contributed by atoms with E-state index in [0.29, 0.717) is 18.4 Å². The molecule has 1 fully saturated rings. The van der Waals surface area contributed by atoms with Crippen molar-refractivity contribution in [3.63, 3.8) is 0 Å². The molecule has 4 heteroatoms. The molecule has 25 heavy (non-hydrogen) atoms. The summed E-state index contributed by atoms with van der Waals surface area (Å²) in [4.78, 5) is 14.7. The van der Waals surface area contributed by atoms with Crippen molar-refractivity contribution in [2.75, 3.05) is 20.2 Å². The second-order valence-electron chi connectivity index (χ2n) is 6.81. The van der Waals surface area contributed by atoms with Crippen LogP contribution in [0.15, 0.2) is 54.6 Å². The van der Waals surface area contributed by atoms with Crippen molar-refractivity contribution in [1.82, 2.24) is 4.90 Å². The zero-order valence-corrected chi connectivity index (χ0v) is 14.6. The van der Waals surface area contributed by atoms with Crippen LogP contribution in [0.25, 0.3) is 0 Å². The molecule has 0 amide bonds. The number of nitrogens with zero attached hydrogens (tertiary/aromatic N) is 1. The average molecular weight is 339 g/mol. The van der Waals surface area contributed by atoms with Crippen molar-refractivity contribution in [2.24, 2.45) is 0 Å². The van der Waals surface area contributed by atoms with Crippen molar-refractivity contribution < 1.29 is 14.6 Å². The van der Waals surface area contributed by atoms with Gasteiger partial charge in [0.25, 0.3) is 0 Å². The number of likely N-dealkylation sites (tertiary alicyclic amines) is 1. The third-order valence-electron chi connectivity index (χ3n) is 4.94. The molecule has 0 unspecified atom stereocenters. The molecular weight excluding hydrogens is 314 g/mol. The maximum Gasteiger partial charge on any atom is 0.165 e. The molecule has 4 nitrogen and oxygen atoms in total. The number of piperidine rings is 1. The van der Waals surface area contributed by atoms with E-state index in [0.717, 1.165) is 25.4 Å². The molecule has 132 valence electrons. The van der Waals surface area contributed by atoms with Crippen LogP contribution in [0.3, 0.4) is 0 Å². The van der Waals surface area contributed by atoms with E-state index in [9.17, 15) is 9.90 Å². The molecule has 0 atom stereocenters. The highest BCUT2D eigenvalue weighted by Crippen LogP contribution is 2.28. The minimum absolute atomic E-state index is 0.0201. The highest BCUT2D eigenvalue weighted by molar-refractivity contribution is 5.96. The van der Waals surface area contributed by atoms with Gasteiger partial charge >= 0.3 is 0 Å². The SMILES string of the molecule is COc1ccc(CN2CCC(O)(CC(=O)c3ccccc3)CC2)cc1. The molecule has 2 aromatic rings. The summed E-state index contributed by atoms with van der Waals surface area (Å²) in [7, 11) is 1.66. The summed E-state index contributed by atoms with van der Waals surface area (Å²) >= 11 is 0. The van der Waals surface area contributed by atoms with Gasteiger partial charge in [-0.05, 0) is 30.5 Å². The van der Waals surface area contributed by atoms with Gasteiger partial charge in [-0.25, -0.2) is 0 Å². The largest absolute Gasteiger partial charge is 0.497 e. The van der Waals surface area contributed by atoms with Gasteiger partial charge in [-0.3, -0.25) is 9.69 Å². The van der Waals surface area contributed by atoms with Gasteiger partial charge in [-0.1, -0.05) is 42.5 Å². The molecule has 1 saturated heterocycles. The Morgan fingerprint density at radius 2 is 1.72 bits per heavy atom. The lowest BCUT2D eigenvalue weighted by atomic mass is 9.85. The second kappa shape index (κ2) is 7.81. The van der Waals surface area contributed by atoms with Crippen LogP contribution in [-0.4, -0.2) is 41.6 Å². The maximum atomic E-state index is 12.4. The molecular formula is C21H25NO3. The van der Waals surface area contributed by atoms with Crippen molar-refractivity contribution in [3.8, 4) is 5.75 Å². The van der Waals surface area contributed by atoms with Gasteiger partial charge in [0.2, 0.25) is 0 Å². The molecule has 0 saturated carbocycles. The lowest BCUT2D eigenvalue weighted by molar-refractivity contribution is -0.0241. The van der Waals surface area contributed by atoms with E-state index in [2.05, 4.69) is 17.0 Å². The number of methoxy groups -OCH3 is 1. The van der Waals surface area contributed by atoms with Gasteiger partial charge in [0.1, 0.15) is 5.75 Å². The van der Waals surface area contributed by atoms with Crippen LogP contribution in [0.4, 0.5) is 0 Å². The fourth-order valence-corrected chi connectivity index (χ4v) is 3.32. The van der Waals surface area contributed by atoms with Crippen LogP contribution >= 0.6 is 0 Å². The van der Waals surface area contributed by atoms with Crippen LogP contribution < -0.4 is 4.74 Å². The molecule has 0 radical (unpaired) electrons. The van der Waals surface area contributed by atoms with Crippen LogP contribution in [0.1, 0.15) is 35.2 Å². The Kier molecular flexibility index (Phi) is 5.51. The molecule has 0 aromatic heterocycles. The fraction of sp³-hybridized carbons (Fsp3) is 0.381. The van der Waals surface area contributed by atoms with E-state index >= 15 is 0 Å². The third kappa shape index (κ3) is 4.68. The Morgan fingerprint density at radius 3 is 2.32 bits per heavy atom. The van der Waals surface area contributed by atoms with Crippen LogP contribution in [-0.2, 0) is 6.54 Å². The number of aliphatic hydroxyl groups is 1. The van der Waals surface area contributed by atoms with E-state index in [1.807, 2.05) is 42.5 Å². The minimum atomic E-state index is -0.886. The number of hydrogen-bond donors (Lipinski definition) is 1. The van der Waals surface area contributed by atoms with Gasteiger partial charge in [-0.2, -0.15) is 0 Å². The standard InChI is InChI=1S/C21H25NO3/c1-25-19-9-7-17(8-10-19)16-22-13-11-21(24,12-14-22)15-20(23)18-5-3-2-4-6-18/h2-10,24H,11-16H2,1H3. The highest BCUT2D eigenvalue weighted by Gasteiger charge is 2.34. The molecule has 1 N–H and O–H groups in total. The minimum Gasteiger partial charge on any atom is -0.497 e. The number of rotatable bonds is 6. The quantitative estimate of drug-likeness (QED) is 0.821. The lowest BCUT2D eigenvalue weighted by Gasteiger charge is -2.38. The Balaban J connectivity index is 1.52. The van der Waals surface area contributed by atoms with E-state index in [4.69, 9.17) is 4.74 Å². The Morgan fingerprint density at radius 1 is 1.08 bits per heavy atom. The summed E-state index contributed by atoms with van der Waals surface area (Å²) in [6, 6.07) is 17.3. The summed E-state index contributed by atoms with van der Waals surface area (Å²) in [5, 5.41) is 10.8. The van der Waals surface area contributed by atoms with E-state index in [1.165, 1.54) is 5.56 Å². The number of carbonyl (C=O) groups excluding carboxylic acids is 1. The van der Waals surface area contributed by atoms with Crippen LogP contribution in [0, 0.1) is 0 Å². The second-order valence-corrected chi connectivity index (χ2v) is 6.81. The first-order valence-corrected chi connectivity index (χ1v) is 8.74. The zero-order chi connectivity index (χ0) is 17.7. The van der Waals surface area contributed by atoms with Crippen LogP contribution in [0.2, 0.25) is 0 Å².